The molecular formula is C13H25NO2. The Kier molecular flexibility index (Phi) is 5.20. The summed E-state index contributed by atoms with van der Waals surface area (Å²) in [6, 6.07) is 0. The van der Waals surface area contributed by atoms with Gasteiger partial charge < -0.3 is 10.4 Å². The highest BCUT2D eigenvalue weighted by atomic mass is 16.4. The minimum Gasteiger partial charge on any atom is -0.478 e. The third kappa shape index (κ3) is 8.48. The maximum Gasteiger partial charge on any atom is 0.328 e. The van der Waals surface area contributed by atoms with Crippen LogP contribution in [0.2, 0.25) is 0 Å². The van der Waals surface area contributed by atoms with E-state index in [1.54, 1.807) is 0 Å². The van der Waals surface area contributed by atoms with Crippen molar-refractivity contribution in [2.45, 2.75) is 53.5 Å². The number of carbonyl (C=O) groups is 1. The second-order valence-corrected chi connectivity index (χ2v) is 6.30. The van der Waals surface area contributed by atoms with E-state index in [1.807, 2.05) is 6.92 Å². The summed E-state index contributed by atoms with van der Waals surface area (Å²) < 4.78 is 0. The standard InChI is InChI=1S/C13H25NO2/c1-10(7-11(15)16)8-14-13(5,6)9-12(2,3)4/h7,14H,8-9H2,1-6H3,(H,15,16). The van der Waals surface area contributed by atoms with E-state index >= 15 is 0 Å². The van der Waals surface area contributed by atoms with E-state index in [0.717, 1.165) is 12.0 Å². The highest BCUT2D eigenvalue weighted by Crippen LogP contribution is 2.26. The highest BCUT2D eigenvalue weighted by molar-refractivity contribution is 5.80. The van der Waals surface area contributed by atoms with E-state index < -0.39 is 5.97 Å². The summed E-state index contributed by atoms with van der Waals surface area (Å²) in [6.45, 7) is 13.4. The van der Waals surface area contributed by atoms with Crippen LogP contribution in [0.5, 0.6) is 0 Å². The van der Waals surface area contributed by atoms with Gasteiger partial charge in [0.1, 0.15) is 0 Å². The van der Waals surface area contributed by atoms with Gasteiger partial charge in [0.2, 0.25) is 0 Å². The molecule has 0 atom stereocenters. The lowest BCUT2D eigenvalue weighted by Crippen LogP contribution is -2.43. The molecule has 0 fully saturated rings. The molecule has 94 valence electrons. The lowest BCUT2D eigenvalue weighted by Gasteiger charge is -2.33. The van der Waals surface area contributed by atoms with Crippen LogP contribution in [-0.4, -0.2) is 23.2 Å². The molecule has 0 aliphatic carbocycles. The van der Waals surface area contributed by atoms with Gasteiger partial charge in [0.25, 0.3) is 0 Å². The van der Waals surface area contributed by atoms with E-state index in [9.17, 15) is 4.79 Å². The number of carboxylic acids is 1. The Morgan fingerprint density at radius 1 is 1.25 bits per heavy atom. The highest BCUT2D eigenvalue weighted by Gasteiger charge is 2.24. The first-order valence-electron chi connectivity index (χ1n) is 5.67. The molecule has 0 aromatic carbocycles. The summed E-state index contributed by atoms with van der Waals surface area (Å²) in [5.41, 5.74) is 1.13. The second kappa shape index (κ2) is 5.48. The third-order valence-corrected chi connectivity index (χ3v) is 2.19. The molecule has 0 aliphatic heterocycles. The van der Waals surface area contributed by atoms with Gasteiger partial charge in [-0.3, -0.25) is 0 Å². The zero-order valence-electron chi connectivity index (χ0n) is 11.3. The number of aliphatic carboxylic acids is 1. The van der Waals surface area contributed by atoms with E-state index in [-0.39, 0.29) is 11.0 Å². The molecule has 0 saturated carbocycles. The fraction of sp³-hybridized carbons (Fsp3) is 0.769. The Hall–Kier alpha value is -0.830. The molecule has 0 bridgehead atoms. The SMILES string of the molecule is CC(=CC(=O)O)CNC(C)(C)CC(C)(C)C. The quantitative estimate of drug-likeness (QED) is 0.710. The molecule has 0 unspecified atom stereocenters. The lowest BCUT2D eigenvalue weighted by molar-refractivity contribution is -0.131. The third-order valence-electron chi connectivity index (χ3n) is 2.19. The molecule has 0 aromatic heterocycles. The Morgan fingerprint density at radius 2 is 1.75 bits per heavy atom. The first kappa shape index (κ1) is 15.2. The van der Waals surface area contributed by atoms with Gasteiger partial charge in [0.05, 0.1) is 0 Å². The molecule has 0 spiro atoms. The summed E-state index contributed by atoms with van der Waals surface area (Å²) in [5.74, 6) is -0.882. The van der Waals surface area contributed by atoms with Gasteiger partial charge in [-0.25, -0.2) is 4.79 Å². The van der Waals surface area contributed by atoms with Crippen molar-refractivity contribution in [3.63, 3.8) is 0 Å². The molecule has 0 amide bonds. The fourth-order valence-corrected chi connectivity index (χ4v) is 2.03. The van der Waals surface area contributed by atoms with Crippen molar-refractivity contribution in [1.29, 1.82) is 0 Å². The molecule has 3 nitrogen and oxygen atoms in total. The van der Waals surface area contributed by atoms with Crippen LogP contribution in [0.1, 0.15) is 48.0 Å². The van der Waals surface area contributed by atoms with E-state index in [1.165, 1.54) is 6.08 Å². The van der Waals surface area contributed by atoms with Gasteiger partial charge in [-0.1, -0.05) is 26.3 Å². The summed E-state index contributed by atoms with van der Waals surface area (Å²) in [6.07, 6.45) is 2.29. The largest absolute Gasteiger partial charge is 0.478 e. The molecule has 0 aliphatic rings. The normalized spacial score (nSPS) is 14.0. The average Bonchev–Trinajstić information content (AvgIpc) is 1.95. The van der Waals surface area contributed by atoms with Crippen molar-refractivity contribution in [2.24, 2.45) is 5.41 Å². The summed E-state index contributed by atoms with van der Waals surface area (Å²) in [7, 11) is 0. The van der Waals surface area contributed by atoms with Gasteiger partial charge in [0, 0.05) is 18.2 Å². The molecule has 0 rings (SSSR count). The maximum atomic E-state index is 10.5. The lowest BCUT2D eigenvalue weighted by atomic mass is 9.82. The molecule has 0 aromatic rings. The van der Waals surface area contributed by atoms with Crippen molar-refractivity contribution in [3.8, 4) is 0 Å². The van der Waals surface area contributed by atoms with Crippen LogP contribution in [0.15, 0.2) is 11.6 Å². The summed E-state index contributed by atoms with van der Waals surface area (Å²) in [4.78, 5) is 10.5. The zero-order valence-corrected chi connectivity index (χ0v) is 11.3. The Bertz CT molecular complexity index is 272. The topological polar surface area (TPSA) is 49.3 Å². The molecule has 0 heterocycles. The van der Waals surface area contributed by atoms with Crippen LogP contribution in [0.25, 0.3) is 0 Å². The Morgan fingerprint density at radius 3 is 2.12 bits per heavy atom. The van der Waals surface area contributed by atoms with Crippen LogP contribution in [0.3, 0.4) is 0 Å². The number of rotatable bonds is 5. The van der Waals surface area contributed by atoms with E-state index in [2.05, 4.69) is 39.9 Å². The van der Waals surface area contributed by atoms with Crippen LogP contribution >= 0.6 is 0 Å². The minimum absolute atomic E-state index is 0.0197. The zero-order chi connectivity index (χ0) is 13.0. The van der Waals surface area contributed by atoms with E-state index in [4.69, 9.17) is 5.11 Å². The minimum atomic E-state index is -0.882. The number of nitrogens with one attached hydrogen (secondary N) is 1. The van der Waals surface area contributed by atoms with Crippen molar-refractivity contribution in [3.05, 3.63) is 11.6 Å². The van der Waals surface area contributed by atoms with Crippen LogP contribution < -0.4 is 5.32 Å². The Balaban J connectivity index is 4.24. The van der Waals surface area contributed by atoms with Crippen molar-refractivity contribution < 1.29 is 9.90 Å². The van der Waals surface area contributed by atoms with Gasteiger partial charge in [-0.2, -0.15) is 0 Å². The molecule has 0 radical (unpaired) electrons. The molecule has 3 heteroatoms. The van der Waals surface area contributed by atoms with Gasteiger partial charge in [-0.05, 0) is 32.6 Å². The van der Waals surface area contributed by atoms with Gasteiger partial charge >= 0.3 is 5.97 Å². The first-order chi connectivity index (χ1) is 7.02. The van der Waals surface area contributed by atoms with Crippen molar-refractivity contribution in [1.82, 2.24) is 5.32 Å². The number of carboxylic acid groups (broad SMARTS) is 1. The molecule has 0 saturated heterocycles. The predicted molar refractivity (Wildman–Crippen MR) is 67.5 cm³/mol. The second-order valence-electron chi connectivity index (χ2n) is 6.30. The Labute approximate surface area is 98.9 Å². The molecular weight excluding hydrogens is 202 g/mol. The number of hydrogen-bond acceptors (Lipinski definition) is 2. The monoisotopic (exact) mass is 227 g/mol. The van der Waals surface area contributed by atoms with Crippen LogP contribution in [-0.2, 0) is 4.79 Å². The summed E-state index contributed by atoms with van der Waals surface area (Å²) in [5, 5.41) is 12.0. The fourth-order valence-electron chi connectivity index (χ4n) is 2.03. The van der Waals surface area contributed by atoms with Crippen molar-refractivity contribution >= 4 is 5.97 Å². The van der Waals surface area contributed by atoms with Crippen LogP contribution in [0.4, 0.5) is 0 Å². The summed E-state index contributed by atoms with van der Waals surface area (Å²) >= 11 is 0. The molecule has 2 N–H and O–H groups in total. The van der Waals surface area contributed by atoms with Crippen molar-refractivity contribution in [2.75, 3.05) is 6.54 Å². The average molecular weight is 227 g/mol. The van der Waals surface area contributed by atoms with E-state index in [0.29, 0.717) is 6.54 Å². The van der Waals surface area contributed by atoms with Crippen LogP contribution in [0, 0.1) is 5.41 Å². The predicted octanol–water partition coefficient (Wildman–Crippen LogP) is 2.82. The number of hydrogen-bond donors (Lipinski definition) is 2. The van der Waals surface area contributed by atoms with Gasteiger partial charge in [-0.15, -0.1) is 0 Å². The molecule has 16 heavy (non-hydrogen) atoms. The first-order valence-corrected chi connectivity index (χ1v) is 5.67. The smallest absolute Gasteiger partial charge is 0.328 e. The van der Waals surface area contributed by atoms with Gasteiger partial charge in [0.15, 0.2) is 0 Å². The maximum absolute atomic E-state index is 10.5.